The zero-order valence-electron chi connectivity index (χ0n) is 23.8. The van der Waals surface area contributed by atoms with Crippen LogP contribution in [0.5, 0.6) is 11.6 Å². The quantitative estimate of drug-likeness (QED) is 0.283. The summed E-state index contributed by atoms with van der Waals surface area (Å²) in [4.78, 5) is 15.8. The second kappa shape index (κ2) is 10.5. The van der Waals surface area contributed by atoms with E-state index in [-0.39, 0.29) is 40.7 Å². The van der Waals surface area contributed by atoms with Crippen molar-refractivity contribution in [2.24, 2.45) is 17.3 Å². The summed E-state index contributed by atoms with van der Waals surface area (Å²) in [6, 6.07) is 10.5. The molecule has 3 atom stereocenters. The first-order valence-electron chi connectivity index (χ1n) is 14.0. The fourth-order valence-corrected chi connectivity index (χ4v) is 6.99. The molecule has 1 spiro atoms. The number of benzene rings is 2. The van der Waals surface area contributed by atoms with Crippen LogP contribution in [-0.2, 0) is 29.7 Å². The Morgan fingerprint density at radius 1 is 1.12 bits per heavy atom. The van der Waals surface area contributed by atoms with Gasteiger partial charge in [0.25, 0.3) is 0 Å². The molecule has 2 aliphatic carbocycles. The summed E-state index contributed by atoms with van der Waals surface area (Å²) in [6.45, 7) is 8.45. The van der Waals surface area contributed by atoms with Gasteiger partial charge in [-0.15, -0.1) is 0 Å². The van der Waals surface area contributed by atoms with Crippen LogP contribution in [0.25, 0.3) is 11.1 Å². The maximum Gasteiger partial charge on any atom is 0.307 e. The molecule has 2 aliphatic rings. The Hall–Kier alpha value is -3.48. The van der Waals surface area contributed by atoms with E-state index in [2.05, 4.69) is 25.8 Å². The number of carboxylic acid groups (broad SMARTS) is 1. The van der Waals surface area contributed by atoms with Crippen LogP contribution in [0, 0.1) is 28.9 Å². The SMILES string of the molecule is CCCC(C)(C)Cc1cc(COc2ccc3c(c2)C2(CC3)C(C)C2C(=O)O)c(F)cc1-c1cc(OC)ncc1F. The van der Waals surface area contributed by atoms with Gasteiger partial charge in [-0.2, -0.15) is 0 Å². The number of aryl methyl sites for hydroxylation is 1. The van der Waals surface area contributed by atoms with Gasteiger partial charge in [-0.05, 0) is 83.5 Å². The van der Waals surface area contributed by atoms with Crippen LogP contribution >= 0.6 is 0 Å². The summed E-state index contributed by atoms with van der Waals surface area (Å²) < 4.78 is 41.8. The highest BCUT2D eigenvalue weighted by Crippen LogP contribution is 2.66. The first-order valence-corrected chi connectivity index (χ1v) is 14.0. The molecule has 0 bridgehead atoms. The van der Waals surface area contributed by atoms with E-state index >= 15 is 4.39 Å². The van der Waals surface area contributed by atoms with Crippen molar-refractivity contribution in [3.8, 4) is 22.8 Å². The van der Waals surface area contributed by atoms with E-state index in [1.165, 1.54) is 19.2 Å². The van der Waals surface area contributed by atoms with Crippen molar-refractivity contribution in [2.45, 2.75) is 71.8 Å². The molecule has 3 unspecified atom stereocenters. The monoisotopic (exact) mass is 549 g/mol. The normalized spacial score (nSPS) is 21.4. The molecule has 0 amide bonds. The summed E-state index contributed by atoms with van der Waals surface area (Å²) in [5, 5.41) is 9.71. The van der Waals surface area contributed by atoms with E-state index in [1.807, 2.05) is 25.1 Å². The molecule has 40 heavy (non-hydrogen) atoms. The number of rotatable bonds is 10. The van der Waals surface area contributed by atoms with Crippen molar-refractivity contribution in [3.63, 3.8) is 0 Å². The second-order valence-electron chi connectivity index (χ2n) is 12.2. The third kappa shape index (κ3) is 4.95. The Bertz CT molecular complexity index is 1450. The molecule has 1 saturated carbocycles. The van der Waals surface area contributed by atoms with Crippen LogP contribution in [0.2, 0.25) is 0 Å². The molecule has 3 aromatic rings. The Kier molecular flexibility index (Phi) is 7.36. The number of methoxy groups -OCH3 is 1. The number of carboxylic acids is 1. The average molecular weight is 550 g/mol. The van der Waals surface area contributed by atoms with E-state index in [0.717, 1.165) is 48.6 Å². The number of hydrogen-bond acceptors (Lipinski definition) is 4. The molecule has 0 radical (unpaired) electrons. The van der Waals surface area contributed by atoms with Crippen molar-refractivity contribution < 1.29 is 28.2 Å². The van der Waals surface area contributed by atoms with Crippen LogP contribution < -0.4 is 9.47 Å². The van der Waals surface area contributed by atoms with Crippen molar-refractivity contribution >= 4 is 5.97 Å². The van der Waals surface area contributed by atoms with Gasteiger partial charge in [0.15, 0.2) is 0 Å². The number of aliphatic carboxylic acids is 1. The number of aromatic nitrogens is 1. The van der Waals surface area contributed by atoms with Gasteiger partial charge in [0.2, 0.25) is 5.88 Å². The van der Waals surface area contributed by atoms with Gasteiger partial charge >= 0.3 is 5.97 Å². The van der Waals surface area contributed by atoms with E-state index in [1.54, 1.807) is 6.07 Å². The number of carbonyl (C=O) groups is 1. The third-order valence-corrected chi connectivity index (χ3v) is 9.01. The standard InChI is InChI=1S/C33H37F2NO4/c1-6-10-32(3,4)16-21-12-22(27(34)14-24(21)25-15-29(39-5)36-17-28(25)35)18-40-23-8-7-20-9-11-33(26(20)13-23)19(2)30(33)31(37)38/h7-8,12-15,17,19,30H,6,9-11,16,18H2,1-5H3,(H,37,38). The fraction of sp³-hybridized carbons (Fsp3) is 0.455. The molecule has 0 saturated heterocycles. The number of hydrogen-bond donors (Lipinski definition) is 1. The minimum absolute atomic E-state index is 0.000826. The van der Waals surface area contributed by atoms with Gasteiger partial charge < -0.3 is 14.6 Å². The van der Waals surface area contributed by atoms with Gasteiger partial charge in [-0.3, -0.25) is 4.79 Å². The molecule has 1 fully saturated rings. The smallest absolute Gasteiger partial charge is 0.307 e. The lowest BCUT2D eigenvalue weighted by Gasteiger charge is -2.26. The maximum atomic E-state index is 15.5. The minimum atomic E-state index is -0.754. The molecular weight excluding hydrogens is 512 g/mol. The average Bonchev–Trinajstić information content (AvgIpc) is 3.34. The summed E-state index contributed by atoms with van der Waals surface area (Å²) >= 11 is 0. The summed E-state index contributed by atoms with van der Waals surface area (Å²) in [5.74, 6) is -1.24. The van der Waals surface area contributed by atoms with Gasteiger partial charge in [0, 0.05) is 22.6 Å². The van der Waals surface area contributed by atoms with E-state index in [0.29, 0.717) is 23.3 Å². The largest absolute Gasteiger partial charge is 0.489 e. The lowest BCUT2D eigenvalue weighted by Crippen LogP contribution is -2.16. The van der Waals surface area contributed by atoms with Crippen molar-refractivity contribution in [1.29, 1.82) is 0 Å². The summed E-state index contributed by atoms with van der Waals surface area (Å²) in [7, 11) is 1.46. The Morgan fingerprint density at radius 3 is 2.58 bits per heavy atom. The molecule has 1 heterocycles. The molecule has 212 valence electrons. The van der Waals surface area contributed by atoms with Crippen LogP contribution in [0.15, 0.2) is 42.6 Å². The highest BCUT2D eigenvalue weighted by atomic mass is 19.1. The zero-order chi connectivity index (χ0) is 28.8. The van der Waals surface area contributed by atoms with Crippen molar-refractivity contribution in [2.75, 3.05) is 7.11 Å². The molecule has 5 rings (SSSR count). The number of nitrogens with zero attached hydrogens (tertiary/aromatic N) is 1. The first kappa shape index (κ1) is 28.1. The number of fused-ring (bicyclic) bond motifs is 2. The molecule has 1 N–H and O–H groups in total. The fourth-order valence-electron chi connectivity index (χ4n) is 6.99. The molecule has 1 aromatic heterocycles. The Labute approximate surface area is 234 Å². The van der Waals surface area contributed by atoms with Crippen LogP contribution in [0.3, 0.4) is 0 Å². The van der Waals surface area contributed by atoms with E-state index < -0.39 is 17.6 Å². The van der Waals surface area contributed by atoms with E-state index in [4.69, 9.17) is 9.47 Å². The highest BCUT2D eigenvalue weighted by molar-refractivity contribution is 5.79. The molecule has 7 heteroatoms. The van der Waals surface area contributed by atoms with Crippen LogP contribution in [-0.4, -0.2) is 23.2 Å². The van der Waals surface area contributed by atoms with Gasteiger partial charge in [0.1, 0.15) is 24.0 Å². The number of halogens is 2. The van der Waals surface area contributed by atoms with Crippen LogP contribution in [0.4, 0.5) is 8.78 Å². The molecule has 2 aromatic carbocycles. The van der Waals surface area contributed by atoms with Crippen LogP contribution in [0.1, 0.15) is 69.2 Å². The molecular formula is C33H37F2NO4. The minimum Gasteiger partial charge on any atom is -0.489 e. The Morgan fingerprint density at radius 2 is 1.90 bits per heavy atom. The second-order valence-corrected chi connectivity index (χ2v) is 12.2. The first-order chi connectivity index (χ1) is 19.0. The van der Waals surface area contributed by atoms with Gasteiger partial charge in [-0.25, -0.2) is 13.8 Å². The topological polar surface area (TPSA) is 68.7 Å². The lowest BCUT2D eigenvalue weighted by atomic mass is 9.79. The van der Waals surface area contributed by atoms with E-state index in [9.17, 15) is 14.3 Å². The zero-order valence-corrected chi connectivity index (χ0v) is 23.8. The van der Waals surface area contributed by atoms with Crippen molar-refractivity contribution in [3.05, 3.63) is 76.5 Å². The maximum absolute atomic E-state index is 15.5. The molecule has 0 aliphatic heterocycles. The predicted molar refractivity (Wildman–Crippen MR) is 150 cm³/mol. The Balaban J connectivity index is 1.46. The summed E-state index contributed by atoms with van der Waals surface area (Å²) in [5.41, 5.74) is 3.73. The number of ether oxygens (including phenoxy) is 2. The van der Waals surface area contributed by atoms with Gasteiger partial charge in [0.05, 0.1) is 19.2 Å². The van der Waals surface area contributed by atoms with Gasteiger partial charge in [-0.1, -0.05) is 40.2 Å². The number of pyridine rings is 1. The lowest BCUT2D eigenvalue weighted by molar-refractivity contribution is -0.139. The van der Waals surface area contributed by atoms with Crippen molar-refractivity contribution in [1.82, 2.24) is 4.98 Å². The molecule has 5 nitrogen and oxygen atoms in total. The highest BCUT2D eigenvalue weighted by Gasteiger charge is 2.68. The summed E-state index contributed by atoms with van der Waals surface area (Å²) in [6.07, 6.45) is 5.37. The third-order valence-electron chi connectivity index (χ3n) is 9.01. The predicted octanol–water partition coefficient (Wildman–Crippen LogP) is 7.52.